The molecular weight excluding hydrogens is 376 g/mol. The first kappa shape index (κ1) is 19.7. The Morgan fingerprint density at radius 1 is 1.13 bits per heavy atom. The summed E-state index contributed by atoms with van der Waals surface area (Å²) in [6, 6.07) is 0. The largest absolute Gasteiger partial charge is 0.298 e. The van der Waals surface area contributed by atoms with E-state index in [1.54, 1.807) is 0 Å². The average molecular weight is 409 g/mol. The van der Waals surface area contributed by atoms with Crippen LogP contribution >= 0.6 is 0 Å². The zero-order chi connectivity index (χ0) is 20.8. The third-order valence-electron chi connectivity index (χ3n) is 7.09. The van der Waals surface area contributed by atoms with Crippen molar-refractivity contribution in [2.75, 3.05) is 24.5 Å². The highest BCUT2D eigenvalue weighted by Crippen LogP contribution is 2.36. The van der Waals surface area contributed by atoms with Crippen LogP contribution < -0.4 is 4.90 Å². The molecule has 5 rings (SSSR count). The van der Waals surface area contributed by atoms with Crippen LogP contribution in [0.3, 0.4) is 0 Å². The second-order valence-electron chi connectivity index (χ2n) is 9.37. The number of piperidine rings is 1. The minimum Gasteiger partial charge on any atom is -0.298 e. The topological polar surface area (TPSA) is 67.2 Å². The Kier molecular flexibility index (Phi) is 5.09. The number of hydrogen-bond donors (Lipinski definition) is 0. The van der Waals surface area contributed by atoms with Gasteiger partial charge in [0, 0.05) is 61.5 Å². The van der Waals surface area contributed by atoms with Gasteiger partial charge >= 0.3 is 0 Å². The Hall–Kier alpha value is -2.28. The van der Waals surface area contributed by atoms with Gasteiger partial charge in [0.05, 0.1) is 6.20 Å². The molecule has 1 atom stereocenters. The first-order valence-corrected chi connectivity index (χ1v) is 11.4. The van der Waals surface area contributed by atoms with Gasteiger partial charge in [-0.05, 0) is 58.4 Å². The first-order valence-electron chi connectivity index (χ1n) is 11.4. The summed E-state index contributed by atoms with van der Waals surface area (Å²) in [4.78, 5) is 27.1. The lowest BCUT2D eigenvalue weighted by atomic mass is 9.95. The summed E-state index contributed by atoms with van der Waals surface area (Å²) in [7, 11) is 2.00. The number of amides is 1. The van der Waals surface area contributed by atoms with E-state index in [1.165, 1.54) is 29.7 Å². The van der Waals surface area contributed by atoms with Gasteiger partial charge in [-0.2, -0.15) is 5.10 Å². The Balaban J connectivity index is 1.38. The van der Waals surface area contributed by atoms with E-state index in [4.69, 9.17) is 9.97 Å². The number of likely N-dealkylation sites (tertiary alicyclic amines) is 1. The summed E-state index contributed by atoms with van der Waals surface area (Å²) in [6.07, 6.45) is 8.08. The molecular formula is C23H32N6O. The van der Waals surface area contributed by atoms with Crippen molar-refractivity contribution in [3.63, 3.8) is 0 Å². The second-order valence-corrected chi connectivity index (χ2v) is 9.37. The van der Waals surface area contributed by atoms with Crippen LogP contribution in [-0.4, -0.2) is 50.2 Å². The summed E-state index contributed by atoms with van der Waals surface area (Å²) in [5.74, 6) is 3.04. The molecule has 1 aliphatic carbocycles. The van der Waals surface area contributed by atoms with Crippen molar-refractivity contribution in [3.8, 4) is 0 Å². The summed E-state index contributed by atoms with van der Waals surface area (Å²) < 4.78 is 1.94. The van der Waals surface area contributed by atoms with Gasteiger partial charge in [-0.3, -0.25) is 19.3 Å². The van der Waals surface area contributed by atoms with Crippen molar-refractivity contribution >= 4 is 11.7 Å². The maximum atomic E-state index is 12.7. The molecule has 160 valence electrons. The minimum atomic E-state index is 0.232. The third-order valence-corrected chi connectivity index (χ3v) is 7.09. The Bertz CT molecular complexity index is 963. The van der Waals surface area contributed by atoms with Crippen LogP contribution in [-0.2, 0) is 24.8 Å². The molecule has 0 aromatic carbocycles. The van der Waals surface area contributed by atoms with Gasteiger partial charge in [0.25, 0.3) is 0 Å². The van der Waals surface area contributed by atoms with Crippen molar-refractivity contribution in [3.05, 3.63) is 34.5 Å². The molecule has 1 unspecified atom stereocenters. The molecule has 2 aromatic heterocycles. The van der Waals surface area contributed by atoms with Crippen LogP contribution in [0.4, 0.5) is 5.82 Å². The van der Waals surface area contributed by atoms with Gasteiger partial charge in [0.2, 0.25) is 5.91 Å². The molecule has 30 heavy (non-hydrogen) atoms. The van der Waals surface area contributed by atoms with Crippen LogP contribution in [0.15, 0.2) is 6.20 Å². The van der Waals surface area contributed by atoms with Crippen molar-refractivity contribution < 1.29 is 4.79 Å². The van der Waals surface area contributed by atoms with Gasteiger partial charge < -0.3 is 0 Å². The molecule has 7 nitrogen and oxygen atoms in total. The molecule has 1 amide bonds. The predicted octanol–water partition coefficient (Wildman–Crippen LogP) is 2.90. The molecule has 2 fully saturated rings. The summed E-state index contributed by atoms with van der Waals surface area (Å²) in [5.41, 5.74) is 4.76. The molecule has 7 heteroatoms. The second kappa shape index (κ2) is 7.76. The van der Waals surface area contributed by atoms with Crippen LogP contribution in [0.1, 0.15) is 66.4 Å². The van der Waals surface area contributed by atoms with Crippen LogP contribution in [0, 0.1) is 19.8 Å². The summed E-state index contributed by atoms with van der Waals surface area (Å²) in [6.45, 7) is 8.04. The van der Waals surface area contributed by atoms with Gasteiger partial charge in [0.15, 0.2) is 0 Å². The molecule has 3 aliphatic rings. The maximum absolute atomic E-state index is 12.7. The number of aryl methyl sites for hydroxylation is 2. The fourth-order valence-electron chi connectivity index (χ4n) is 4.88. The predicted molar refractivity (Wildman–Crippen MR) is 115 cm³/mol. The van der Waals surface area contributed by atoms with E-state index in [0.29, 0.717) is 18.3 Å². The standard InChI is InChI=1S/C23H32N6O/c1-15-20-8-9-21(30)29(12-17-6-7-17)23(20)26-22(25-15)18-5-4-10-28(13-18)14-19-11-24-27(3)16(19)2/h11,17-18H,4-10,12-14H2,1-3H3. The van der Waals surface area contributed by atoms with E-state index in [9.17, 15) is 4.79 Å². The molecule has 0 N–H and O–H groups in total. The number of hydrogen-bond acceptors (Lipinski definition) is 5. The van der Waals surface area contributed by atoms with Crippen molar-refractivity contribution in [1.29, 1.82) is 0 Å². The zero-order valence-corrected chi connectivity index (χ0v) is 18.4. The van der Waals surface area contributed by atoms with E-state index in [0.717, 1.165) is 62.8 Å². The highest BCUT2D eigenvalue weighted by Gasteiger charge is 2.34. The van der Waals surface area contributed by atoms with Gasteiger partial charge in [-0.1, -0.05) is 0 Å². The lowest BCUT2D eigenvalue weighted by Gasteiger charge is -2.34. The van der Waals surface area contributed by atoms with Crippen molar-refractivity contribution in [2.45, 2.75) is 64.8 Å². The normalized spacial score (nSPS) is 22.4. The number of anilines is 1. The van der Waals surface area contributed by atoms with Gasteiger partial charge in [0.1, 0.15) is 11.6 Å². The lowest BCUT2D eigenvalue weighted by molar-refractivity contribution is -0.119. The first-order chi connectivity index (χ1) is 14.5. The highest BCUT2D eigenvalue weighted by molar-refractivity contribution is 5.95. The third kappa shape index (κ3) is 3.75. The van der Waals surface area contributed by atoms with E-state index in [1.807, 2.05) is 22.8 Å². The summed E-state index contributed by atoms with van der Waals surface area (Å²) >= 11 is 0. The number of nitrogens with zero attached hydrogens (tertiary/aromatic N) is 6. The number of fused-ring (bicyclic) bond motifs is 1. The minimum absolute atomic E-state index is 0.232. The number of rotatable bonds is 5. The van der Waals surface area contributed by atoms with E-state index in [2.05, 4.69) is 23.8 Å². The molecule has 0 radical (unpaired) electrons. The monoisotopic (exact) mass is 408 g/mol. The van der Waals surface area contributed by atoms with E-state index in [-0.39, 0.29) is 5.91 Å². The maximum Gasteiger partial charge on any atom is 0.228 e. The number of carbonyl (C=O) groups is 1. The quantitative estimate of drug-likeness (QED) is 0.761. The zero-order valence-electron chi connectivity index (χ0n) is 18.4. The lowest BCUT2D eigenvalue weighted by Crippen LogP contribution is -2.39. The Labute approximate surface area is 178 Å². The summed E-state index contributed by atoms with van der Waals surface area (Å²) in [5, 5.41) is 4.39. The molecule has 0 bridgehead atoms. The van der Waals surface area contributed by atoms with Crippen molar-refractivity contribution in [2.24, 2.45) is 13.0 Å². The fraction of sp³-hybridized carbons (Fsp3) is 0.652. The van der Waals surface area contributed by atoms with Crippen LogP contribution in [0.5, 0.6) is 0 Å². The smallest absolute Gasteiger partial charge is 0.228 e. The molecule has 2 aliphatic heterocycles. The van der Waals surface area contributed by atoms with E-state index < -0.39 is 0 Å². The molecule has 4 heterocycles. The van der Waals surface area contributed by atoms with Gasteiger partial charge in [-0.25, -0.2) is 9.97 Å². The van der Waals surface area contributed by atoms with E-state index >= 15 is 0 Å². The average Bonchev–Trinajstić information content (AvgIpc) is 3.51. The molecule has 1 saturated carbocycles. The van der Waals surface area contributed by atoms with Crippen LogP contribution in [0.2, 0.25) is 0 Å². The fourth-order valence-corrected chi connectivity index (χ4v) is 4.88. The Morgan fingerprint density at radius 2 is 1.97 bits per heavy atom. The highest BCUT2D eigenvalue weighted by atomic mass is 16.2. The van der Waals surface area contributed by atoms with Gasteiger partial charge in [-0.15, -0.1) is 0 Å². The Morgan fingerprint density at radius 3 is 2.70 bits per heavy atom. The van der Waals surface area contributed by atoms with Crippen molar-refractivity contribution in [1.82, 2.24) is 24.6 Å². The van der Waals surface area contributed by atoms with Crippen LogP contribution in [0.25, 0.3) is 0 Å². The molecule has 0 spiro atoms. The molecule has 2 aromatic rings. The SMILES string of the molecule is Cc1nc(C2CCCN(Cc3cnn(C)c3C)C2)nc2c1CCC(=O)N2CC1CC1. The molecule has 1 saturated heterocycles. The number of aromatic nitrogens is 4. The number of carbonyl (C=O) groups excluding carboxylic acids is 1.